The first-order chi connectivity index (χ1) is 15.0. The Morgan fingerprint density at radius 1 is 1.00 bits per heavy atom. The number of hydrogen-bond acceptors (Lipinski definition) is 5. The van der Waals surface area contributed by atoms with Crippen LogP contribution in [0.1, 0.15) is 22.8 Å². The van der Waals surface area contributed by atoms with Gasteiger partial charge in [0.15, 0.2) is 0 Å². The quantitative estimate of drug-likeness (QED) is 0.695. The molecule has 2 aromatic carbocycles. The van der Waals surface area contributed by atoms with E-state index in [-0.39, 0.29) is 17.5 Å². The van der Waals surface area contributed by atoms with Gasteiger partial charge in [0, 0.05) is 31.3 Å². The maximum atomic E-state index is 13.1. The maximum Gasteiger partial charge on any atom is 0.270 e. The molecule has 1 aliphatic heterocycles. The zero-order valence-electron chi connectivity index (χ0n) is 17.5. The molecule has 0 aliphatic carbocycles. The van der Waals surface area contributed by atoms with Gasteiger partial charge in [-0.25, -0.2) is 0 Å². The zero-order valence-corrected chi connectivity index (χ0v) is 17.5. The van der Waals surface area contributed by atoms with Crippen molar-refractivity contribution < 1.29 is 23.9 Å². The molecule has 0 aromatic heterocycles. The molecule has 3 amide bonds. The van der Waals surface area contributed by atoms with Crippen LogP contribution in [0.3, 0.4) is 0 Å². The predicted molar refractivity (Wildman–Crippen MR) is 117 cm³/mol. The fourth-order valence-electron chi connectivity index (χ4n) is 3.06. The topological polar surface area (TPSA) is 97.0 Å². The summed E-state index contributed by atoms with van der Waals surface area (Å²) in [5.41, 5.74) is 1.87. The Kier molecular flexibility index (Phi) is 7.40. The number of rotatable bonds is 6. The molecule has 1 saturated heterocycles. The number of nitrogens with one attached hydrogen (secondary N) is 2. The number of amides is 3. The van der Waals surface area contributed by atoms with Crippen LogP contribution in [0.15, 0.2) is 54.2 Å². The van der Waals surface area contributed by atoms with Gasteiger partial charge in [0.25, 0.3) is 11.8 Å². The molecule has 2 N–H and O–H groups in total. The van der Waals surface area contributed by atoms with Gasteiger partial charge in [-0.3, -0.25) is 14.4 Å². The van der Waals surface area contributed by atoms with Crippen molar-refractivity contribution in [2.24, 2.45) is 0 Å². The molecule has 0 unspecified atom stereocenters. The van der Waals surface area contributed by atoms with Crippen LogP contribution in [-0.4, -0.2) is 56.0 Å². The number of anilines is 1. The van der Waals surface area contributed by atoms with Gasteiger partial charge in [-0.15, -0.1) is 0 Å². The van der Waals surface area contributed by atoms with Crippen LogP contribution in [0.4, 0.5) is 5.69 Å². The third-order valence-corrected chi connectivity index (χ3v) is 4.67. The first-order valence-electron chi connectivity index (χ1n) is 9.88. The summed E-state index contributed by atoms with van der Waals surface area (Å²) in [6.45, 7) is 3.24. The summed E-state index contributed by atoms with van der Waals surface area (Å²) in [5, 5.41) is 5.39. The summed E-state index contributed by atoms with van der Waals surface area (Å²) in [7, 11) is 1.58. The molecule has 0 spiro atoms. The lowest BCUT2D eigenvalue weighted by Crippen LogP contribution is -2.44. The Bertz CT molecular complexity index is 962. The normalized spacial score (nSPS) is 14.0. The Morgan fingerprint density at radius 2 is 1.65 bits per heavy atom. The van der Waals surface area contributed by atoms with E-state index in [1.165, 1.54) is 6.92 Å². The summed E-state index contributed by atoms with van der Waals surface area (Å²) >= 11 is 0. The molecule has 0 bridgehead atoms. The zero-order chi connectivity index (χ0) is 22.2. The van der Waals surface area contributed by atoms with Crippen LogP contribution in [0, 0.1) is 0 Å². The third-order valence-electron chi connectivity index (χ3n) is 4.67. The van der Waals surface area contributed by atoms with Crippen LogP contribution in [0.2, 0.25) is 0 Å². The molecular weight excluding hydrogens is 398 g/mol. The molecule has 1 fully saturated rings. The molecule has 31 heavy (non-hydrogen) atoms. The Morgan fingerprint density at radius 3 is 2.23 bits per heavy atom. The molecule has 0 atom stereocenters. The first-order valence-corrected chi connectivity index (χ1v) is 9.88. The van der Waals surface area contributed by atoms with Crippen molar-refractivity contribution >= 4 is 29.5 Å². The van der Waals surface area contributed by atoms with Crippen LogP contribution < -0.4 is 15.4 Å². The molecule has 0 radical (unpaired) electrons. The highest BCUT2D eigenvalue weighted by Gasteiger charge is 2.22. The van der Waals surface area contributed by atoms with Crippen molar-refractivity contribution in [3.8, 4) is 5.75 Å². The first kappa shape index (κ1) is 22.0. The van der Waals surface area contributed by atoms with Gasteiger partial charge in [-0.05, 0) is 48.0 Å². The molecule has 0 saturated carbocycles. The number of ether oxygens (including phenoxy) is 2. The van der Waals surface area contributed by atoms with Crippen molar-refractivity contribution in [3.63, 3.8) is 0 Å². The van der Waals surface area contributed by atoms with Crippen molar-refractivity contribution in [1.29, 1.82) is 0 Å². The van der Waals surface area contributed by atoms with E-state index in [1.54, 1.807) is 66.6 Å². The maximum absolute atomic E-state index is 13.1. The molecule has 3 rings (SSSR count). The van der Waals surface area contributed by atoms with Crippen molar-refractivity contribution in [2.75, 3.05) is 38.7 Å². The highest BCUT2D eigenvalue weighted by molar-refractivity contribution is 6.05. The minimum absolute atomic E-state index is 0.169. The smallest absolute Gasteiger partial charge is 0.270 e. The van der Waals surface area contributed by atoms with Crippen molar-refractivity contribution in [3.05, 3.63) is 65.4 Å². The second kappa shape index (κ2) is 10.4. The molecule has 1 heterocycles. The number of carbonyl (C=O) groups is 3. The van der Waals surface area contributed by atoms with E-state index in [1.807, 2.05) is 0 Å². The highest BCUT2D eigenvalue weighted by atomic mass is 16.5. The molecule has 8 nitrogen and oxygen atoms in total. The summed E-state index contributed by atoms with van der Waals surface area (Å²) in [6.07, 6.45) is 1.64. The van der Waals surface area contributed by atoms with E-state index in [0.29, 0.717) is 43.3 Å². The Hall–Kier alpha value is -3.65. The number of methoxy groups -OCH3 is 1. The molecular formula is C23H25N3O5. The summed E-state index contributed by atoms with van der Waals surface area (Å²) in [4.78, 5) is 38.7. The molecule has 8 heteroatoms. The summed E-state index contributed by atoms with van der Waals surface area (Å²) in [5.74, 6) is -0.197. The number of nitrogens with zero attached hydrogens (tertiary/aromatic N) is 1. The Labute approximate surface area is 180 Å². The average molecular weight is 423 g/mol. The monoisotopic (exact) mass is 423 g/mol. The largest absolute Gasteiger partial charge is 0.497 e. The molecule has 162 valence electrons. The van der Waals surface area contributed by atoms with Crippen LogP contribution in [0.25, 0.3) is 6.08 Å². The lowest BCUT2D eigenvalue weighted by Gasteiger charge is -2.27. The minimum atomic E-state index is -0.421. The van der Waals surface area contributed by atoms with Gasteiger partial charge >= 0.3 is 0 Å². The third kappa shape index (κ3) is 6.16. The minimum Gasteiger partial charge on any atom is -0.497 e. The van der Waals surface area contributed by atoms with E-state index >= 15 is 0 Å². The second-order valence-corrected chi connectivity index (χ2v) is 6.95. The number of hydrogen-bond donors (Lipinski definition) is 2. The fourth-order valence-corrected chi connectivity index (χ4v) is 3.06. The molecule has 2 aromatic rings. The van der Waals surface area contributed by atoms with Crippen LogP contribution in [-0.2, 0) is 14.3 Å². The molecule has 1 aliphatic rings. The summed E-state index contributed by atoms with van der Waals surface area (Å²) < 4.78 is 10.5. The fraction of sp³-hybridized carbons (Fsp3) is 0.261. The van der Waals surface area contributed by atoms with E-state index < -0.39 is 5.91 Å². The predicted octanol–water partition coefficient (Wildman–Crippen LogP) is 2.28. The lowest BCUT2D eigenvalue weighted by atomic mass is 10.1. The van der Waals surface area contributed by atoms with Gasteiger partial charge < -0.3 is 25.0 Å². The average Bonchev–Trinajstić information content (AvgIpc) is 2.79. The lowest BCUT2D eigenvalue weighted by molar-refractivity contribution is -0.131. The van der Waals surface area contributed by atoms with E-state index in [9.17, 15) is 14.4 Å². The van der Waals surface area contributed by atoms with Crippen LogP contribution in [0.5, 0.6) is 5.75 Å². The van der Waals surface area contributed by atoms with Crippen molar-refractivity contribution in [1.82, 2.24) is 10.2 Å². The Balaban J connectivity index is 1.82. The van der Waals surface area contributed by atoms with Gasteiger partial charge in [0.05, 0.1) is 20.3 Å². The second-order valence-electron chi connectivity index (χ2n) is 6.95. The number of benzene rings is 2. The van der Waals surface area contributed by atoms with Gasteiger partial charge in [0.1, 0.15) is 11.4 Å². The standard InChI is InChI=1S/C23H25N3O5/c1-16(27)24-19-7-5-18(6-8-19)22(28)25-21(23(29)26-11-13-31-14-12-26)15-17-3-9-20(30-2)10-4-17/h3-10,15H,11-14H2,1-2H3,(H,24,27)(H,25,28)/b21-15+. The van der Waals surface area contributed by atoms with E-state index in [0.717, 1.165) is 5.56 Å². The van der Waals surface area contributed by atoms with Crippen molar-refractivity contribution in [2.45, 2.75) is 6.92 Å². The van der Waals surface area contributed by atoms with Crippen LogP contribution >= 0.6 is 0 Å². The van der Waals surface area contributed by atoms with Gasteiger partial charge in [-0.1, -0.05) is 12.1 Å². The van der Waals surface area contributed by atoms with Gasteiger partial charge in [-0.2, -0.15) is 0 Å². The summed E-state index contributed by atoms with van der Waals surface area (Å²) in [6, 6.07) is 13.6. The van der Waals surface area contributed by atoms with E-state index in [2.05, 4.69) is 10.6 Å². The van der Waals surface area contributed by atoms with Gasteiger partial charge in [0.2, 0.25) is 5.91 Å². The van der Waals surface area contributed by atoms with E-state index in [4.69, 9.17) is 9.47 Å². The number of morpholine rings is 1. The highest BCUT2D eigenvalue weighted by Crippen LogP contribution is 2.16. The SMILES string of the molecule is COc1ccc(/C=C(/NC(=O)c2ccc(NC(C)=O)cc2)C(=O)N2CCOCC2)cc1. The number of carbonyl (C=O) groups excluding carboxylic acids is 3.